The van der Waals surface area contributed by atoms with Crippen LogP contribution in [-0.4, -0.2) is 37.6 Å². The van der Waals surface area contributed by atoms with E-state index >= 15 is 0 Å². The molecular formula is C17H26N4O2. The van der Waals surface area contributed by atoms with Gasteiger partial charge in [-0.25, -0.2) is 4.79 Å². The molecule has 0 spiro atoms. The van der Waals surface area contributed by atoms with Gasteiger partial charge in [-0.05, 0) is 57.4 Å². The van der Waals surface area contributed by atoms with Crippen molar-refractivity contribution in [2.45, 2.75) is 39.2 Å². The summed E-state index contributed by atoms with van der Waals surface area (Å²) in [4.78, 5) is 25.6. The summed E-state index contributed by atoms with van der Waals surface area (Å²) in [5.74, 6) is -0.351. The Labute approximate surface area is 137 Å². The third-order valence-corrected chi connectivity index (χ3v) is 3.94. The number of amides is 3. The van der Waals surface area contributed by atoms with Gasteiger partial charge in [-0.2, -0.15) is 0 Å². The van der Waals surface area contributed by atoms with Gasteiger partial charge in [0.05, 0.1) is 0 Å². The van der Waals surface area contributed by atoms with Crippen LogP contribution in [0.1, 0.15) is 33.1 Å². The number of carbonyl (C=O) groups excluding carboxylic acids is 2. The highest BCUT2D eigenvalue weighted by Crippen LogP contribution is 2.22. The summed E-state index contributed by atoms with van der Waals surface area (Å²) in [5, 5.41) is 7.95. The van der Waals surface area contributed by atoms with Crippen molar-refractivity contribution < 1.29 is 9.59 Å². The molecule has 6 heteroatoms. The number of hydrogen-bond acceptors (Lipinski definition) is 4. The Hall–Kier alpha value is -2.24. The van der Waals surface area contributed by atoms with E-state index in [4.69, 9.17) is 0 Å². The highest BCUT2D eigenvalue weighted by molar-refractivity contribution is 5.97. The van der Waals surface area contributed by atoms with Crippen LogP contribution in [0, 0.1) is 0 Å². The maximum atomic E-state index is 11.9. The minimum Gasteiger partial charge on any atom is -0.374 e. The van der Waals surface area contributed by atoms with Gasteiger partial charge in [-0.1, -0.05) is 0 Å². The van der Waals surface area contributed by atoms with Crippen LogP contribution in [0.25, 0.3) is 0 Å². The molecule has 6 nitrogen and oxygen atoms in total. The summed E-state index contributed by atoms with van der Waals surface area (Å²) in [7, 11) is 0. The average Bonchev–Trinajstić information content (AvgIpc) is 2.56. The fraction of sp³-hybridized carbons (Fsp3) is 0.529. The second-order valence-corrected chi connectivity index (χ2v) is 5.81. The molecule has 0 aliphatic carbocycles. The van der Waals surface area contributed by atoms with Gasteiger partial charge in [0.2, 0.25) is 5.91 Å². The highest BCUT2D eigenvalue weighted by atomic mass is 16.2. The molecule has 1 aromatic rings. The van der Waals surface area contributed by atoms with Gasteiger partial charge in [0.15, 0.2) is 0 Å². The molecule has 0 bridgehead atoms. The van der Waals surface area contributed by atoms with Crippen molar-refractivity contribution in [2.75, 3.05) is 29.9 Å². The first-order chi connectivity index (χ1) is 11.1. The second kappa shape index (κ2) is 8.41. The number of carbonyl (C=O) groups is 2. The maximum Gasteiger partial charge on any atom is 0.321 e. The SMILES string of the molecule is CCNC(=O)NC(=O)[C@H](C)Nc1ccc(N2CCCCC2)cc1. The zero-order valence-corrected chi connectivity index (χ0v) is 13.9. The van der Waals surface area contributed by atoms with Crippen molar-refractivity contribution >= 4 is 23.3 Å². The predicted molar refractivity (Wildman–Crippen MR) is 92.8 cm³/mol. The zero-order chi connectivity index (χ0) is 16.7. The lowest BCUT2D eigenvalue weighted by atomic mass is 10.1. The van der Waals surface area contributed by atoms with Gasteiger partial charge in [0.1, 0.15) is 6.04 Å². The van der Waals surface area contributed by atoms with E-state index in [2.05, 4.69) is 33.0 Å². The number of rotatable bonds is 5. The maximum absolute atomic E-state index is 11.9. The number of urea groups is 1. The molecule has 1 atom stereocenters. The predicted octanol–water partition coefficient (Wildman–Crippen LogP) is 2.32. The quantitative estimate of drug-likeness (QED) is 0.779. The third kappa shape index (κ3) is 5.16. The number of imide groups is 1. The monoisotopic (exact) mass is 318 g/mol. The summed E-state index contributed by atoms with van der Waals surface area (Å²) >= 11 is 0. The molecule has 0 radical (unpaired) electrons. The summed E-state index contributed by atoms with van der Waals surface area (Å²) < 4.78 is 0. The van der Waals surface area contributed by atoms with Gasteiger partial charge < -0.3 is 15.5 Å². The zero-order valence-electron chi connectivity index (χ0n) is 13.9. The van der Waals surface area contributed by atoms with E-state index in [9.17, 15) is 9.59 Å². The van der Waals surface area contributed by atoms with Gasteiger partial charge in [0.25, 0.3) is 0 Å². The number of nitrogens with zero attached hydrogens (tertiary/aromatic N) is 1. The molecule has 1 heterocycles. The molecule has 1 aliphatic rings. The first-order valence-electron chi connectivity index (χ1n) is 8.30. The Morgan fingerprint density at radius 1 is 1.13 bits per heavy atom. The molecule has 2 rings (SSSR count). The molecule has 126 valence electrons. The highest BCUT2D eigenvalue weighted by Gasteiger charge is 2.15. The van der Waals surface area contributed by atoms with Crippen molar-refractivity contribution in [3.05, 3.63) is 24.3 Å². The molecule has 1 aliphatic heterocycles. The Morgan fingerprint density at radius 2 is 1.78 bits per heavy atom. The minimum atomic E-state index is -0.488. The molecule has 1 fully saturated rings. The fourth-order valence-corrected chi connectivity index (χ4v) is 2.66. The number of hydrogen-bond donors (Lipinski definition) is 3. The van der Waals surface area contributed by atoms with Crippen LogP contribution in [0.15, 0.2) is 24.3 Å². The molecule has 0 saturated carbocycles. The topological polar surface area (TPSA) is 73.5 Å². The third-order valence-electron chi connectivity index (χ3n) is 3.94. The van der Waals surface area contributed by atoms with Crippen molar-refractivity contribution in [1.29, 1.82) is 0 Å². The smallest absolute Gasteiger partial charge is 0.321 e. The van der Waals surface area contributed by atoms with Crippen LogP contribution < -0.4 is 20.9 Å². The molecule has 1 aromatic carbocycles. The van der Waals surface area contributed by atoms with Gasteiger partial charge >= 0.3 is 6.03 Å². The van der Waals surface area contributed by atoms with E-state index in [0.29, 0.717) is 6.54 Å². The van der Waals surface area contributed by atoms with E-state index in [1.165, 1.54) is 24.9 Å². The van der Waals surface area contributed by atoms with Crippen LogP contribution >= 0.6 is 0 Å². The first kappa shape index (κ1) is 17.1. The van der Waals surface area contributed by atoms with E-state index in [-0.39, 0.29) is 5.91 Å². The standard InChI is InChI=1S/C17H26N4O2/c1-3-18-17(23)20-16(22)13(2)19-14-7-9-15(10-8-14)21-11-5-4-6-12-21/h7-10,13,19H,3-6,11-12H2,1-2H3,(H2,18,20,22,23)/t13-/m0/s1. The molecule has 3 N–H and O–H groups in total. The van der Waals surface area contributed by atoms with Gasteiger partial charge in [-0.3, -0.25) is 10.1 Å². The molecular weight excluding hydrogens is 292 g/mol. The first-order valence-corrected chi connectivity index (χ1v) is 8.30. The van der Waals surface area contributed by atoms with Crippen molar-refractivity contribution in [3.8, 4) is 0 Å². The largest absolute Gasteiger partial charge is 0.374 e. The summed E-state index contributed by atoms with van der Waals surface area (Å²) in [6.07, 6.45) is 3.81. The van der Waals surface area contributed by atoms with E-state index in [1.807, 2.05) is 12.1 Å². The lowest BCUT2D eigenvalue weighted by Gasteiger charge is -2.29. The molecule has 0 aromatic heterocycles. The summed E-state index contributed by atoms with van der Waals surface area (Å²) in [6.45, 7) is 6.23. The Morgan fingerprint density at radius 3 is 2.39 bits per heavy atom. The van der Waals surface area contributed by atoms with Crippen LogP contribution in [0.3, 0.4) is 0 Å². The normalized spacial score (nSPS) is 15.7. The van der Waals surface area contributed by atoms with Crippen LogP contribution in [0.5, 0.6) is 0 Å². The van der Waals surface area contributed by atoms with Crippen molar-refractivity contribution in [2.24, 2.45) is 0 Å². The number of nitrogens with one attached hydrogen (secondary N) is 3. The summed E-state index contributed by atoms with van der Waals surface area (Å²) in [5.41, 5.74) is 2.08. The van der Waals surface area contributed by atoms with Gasteiger partial charge in [0, 0.05) is 31.0 Å². The molecule has 23 heavy (non-hydrogen) atoms. The van der Waals surface area contributed by atoms with E-state index in [0.717, 1.165) is 18.8 Å². The minimum absolute atomic E-state index is 0.351. The van der Waals surface area contributed by atoms with Crippen LogP contribution in [0.2, 0.25) is 0 Å². The number of anilines is 2. The van der Waals surface area contributed by atoms with E-state index in [1.54, 1.807) is 13.8 Å². The second-order valence-electron chi connectivity index (χ2n) is 5.81. The van der Waals surface area contributed by atoms with E-state index < -0.39 is 12.1 Å². The Kier molecular flexibility index (Phi) is 6.26. The molecule has 0 unspecified atom stereocenters. The Balaban J connectivity index is 1.87. The molecule has 1 saturated heterocycles. The fourth-order valence-electron chi connectivity index (χ4n) is 2.66. The Bertz CT molecular complexity index is 524. The van der Waals surface area contributed by atoms with Crippen LogP contribution in [-0.2, 0) is 4.79 Å². The van der Waals surface area contributed by atoms with Crippen molar-refractivity contribution in [1.82, 2.24) is 10.6 Å². The van der Waals surface area contributed by atoms with Gasteiger partial charge in [-0.15, -0.1) is 0 Å². The van der Waals surface area contributed by atoms with Crippen LogP contribution in [0.4, 0.5) is 16.2 Å². The number of benzene rings is 1. The lowest BCUT2D eigenvalue weighted by Crippen LogP contribution is -2.45. The molecule has 3 amide bonds. The van der Waals surface area contributed by atoms with Crippen molar-refractivity contribution in [3.63, 3.8) is 0 Å². The average molecular weight is 318 g/mol. The lowest BCUT2D eigenvalue weighted by molar-refractivity contribution is -0.120. The number of piperidine rings is 1. The summed E-state index contributed by atoms with van der Waals surface area (Å²) in [6, 6.07) is 7.13.